The molecule has 9 heteroatoms. The van der Waals surface area contributed by atoms with E-state index in [1.54, 1.807) is 18.3 Å². The van der Waals surface area contributed by atoms with E-state index >= 15 is 0 Å². The van der Waals surface area contributed by atoms with Gasteiger partial charge in [-0.2, -0.15) is 13.2 Å². The number of aromatic nitrogens is 1. The quantitative estimate of drug-likeness (QED) is 0.296. The Kier molecular flexibility index (Phi) is 11.6. The van der Waals surface area contributed by atoms with Gasteiger partial charge in [0.05, 0.1) is 13.2 Å². The number of ether oxygens (including phenoxy) is 1. The molecule has 0 saturated carbocycles. The number of nitrogens with one attached hydrogen (secondary N) is 2. The van der Waals surface area contributed by atoms with E-state index in [-0.39, 0.29) is 30.6 Å². The van der Waals surface area contributed by atoms with Crippen LogP contribution in [0.4, 0.5) is 13.2 Å². The summed E-state index contributed by atoms with van der Waals surface area (Å²) >= 11 is 0. The zero-order valence-corrected chi connectivity index (χ0v) is 18.5. The molecule has 29 heavy (non-hydrogen) atoms. The first kappa shape index (κ1) is 25.2. The number of pyridine rings is 1. The largest absolute Gasteiger partial charge is 0.411 e. The topological polar surface area (TPSA) is 58.5 Å². The molecule has 1 aromatic heterocycles. The summed E-state index contributed by atoms with van der Waals surface area (Å²) in [4.78, 5) is 8.82. The third kappa shape index (κ3) is 11.0. The van der Waals surface area contributed by atoms with Crippen molar-refractivity contribution in [1.29, 1.82) is 0 Å². The molecule has 0 aliphatic carbocycles. The molecule has 0 radical (unpaired) electrons. The second-order valence-electron chi connectivity index (χ2n) is 6.12. The summed E-state index contributed by atoms with van der Waals surface area (Å²) in [6, 6.07) is 13.0. The standard InChI is InChI=1S/C20H25F3N4O.HI/c1-2-24-19(26-12-10-18-5-3-4-11-25-18)27-13-16-6-8-17(9-7-16)14-28-15-20(21,22)23;/h3-9,11H,2,10,12-15H2,1H3,(H2,24,26,27);1H. The lowest BCUT2D eigenvalue weighted by Crippen LogP contribution is -2.38. The maximum Gasteiger partial charge on any atom is 0.411 e. The van der Waals surface area contributed by atoms with Crippen molar-refractivity contribution >= 4 is 29.9 Å². The average Bonchev–Trinajstić information content (AvgIpc) is 2.67. The lowest BCUT2D eigenvalue weighted by molar-refractivity contribution is -0.176. The second kappa shape index (κ2) is 13.4. The Labute approximate surface area is 186 Å². The molecule has 1 aromatic carbocycles. The number of hydrogen-bond acceptors (Lipinski definition) is 3. The van der Waals surface area contributed by atoms with E-state index in [0.717, 1.165) is 24.2 Å². The minimum atomic E-state index is -4.30. The summed E-state index contributed by atoms with van der Waals surface area (Å²) < 4.78 is 40.9. The predicted molar refractivity (Wildman–Crippen MR) is 118 cm³/mol. The number of guanidine groups is 1. The fraction of sp³-hybridized carbons (Fsp3) is 0.400. The highest BCUT2D eigenvalue weighted by Gasteiger charge is 2.27. The van der Waals surface area contributed by atoms with Gasteiger partial charge in [-0.3, -0.25) is 4.98 Å². The summed E-state index contributed by atoms with van der Waals surface area (Å²) in [5.41, 5.74) is 2.66. The van der Waals surface area contributed by atoms with Crippen molar-refractivity contribution < 1.29 is 17.9 Å². The summed E-state index contributed by atoms with van der Waals surface area (Å²) in [7, 11) is 0. The number of benzene rings is 1. The van der Waals surface area contributed by atoms with E-state index in [1.165, 1.54) is 0 Å². The van der Waals surface area contributed by atoms with Gasteiger partial charge in [0.2, 0.25) is 0 Å². The predicted octanol–water partition coefficient (Wildman–Crippen LogP) is 4.08. The first-order chi connectivity index (χ1) is 13.5. The van der Waals surface area contributed by atoms with Crippen LogP contribution >= 0.6 is 24.0 Å². The number of nitrogens with zero attached hydrogens (tertiary/aromatic N) is 2. The molecule has 0 atom stereocenters. The van der Waals surface area contributed by atoms with Crippen molar-refractivity contribution in [2.45, 2.75) is 32.7 Å². The van der Waals surface area contributed by atoms with Gasteiger partial charge >= 0.3 is 6.18 Å². The first-order valence-corrected chi connectivity index (χ1v) is 9.10. The van der Waals surface area contributed by atoms with Gasteiger partial charge in [0.25, 0.3) is 0 Å². The monoisotopic (exact) mass is 522 g/mol. The fourth-order valence-electron chi connectivity index (χ4n) is 2.39. The van der Waals surface area contributed by atoms with Crippen molar-refractivity contribution in [2.24, 2.45) is 4.99 Å². The molecule has 160 valence electrons. The van der Waals surface area contributed by atoms with Crippen molar-refractivity contribution in [1.82, 2.24) is 15.6 Å². The van der Waals surface area contributed by atoms with Crippen LogP contribution in [0.3, 0.4) is 0 Å². The number of rotatable bonds is 9. The summed E-state index contributed by atoms with van der Waals surface area (Å²) in [6.07, 6.45) is -1.74. The van der Waals surface area contributed by atoms with Gasteiger partial charge in [0.15, 0.2) is 5.96 Å². The fourth-order valence-corrected chi connectivity index (χ4v) is 2.39. The molecule has 0 fully saturated rings. The molecule has 2 rings (SSSR count). The maximum absolute atomic E-state index is 12.1. The van der Waals surface area contributed by atoms with Crippen LogP contribution < -0.4 is 10.6 Å². The first-order valence-electron chi connectivity index (χ1n) is 9.10. The molecule has 0 saturated heterocycles. The molecule has 0 spiro atoms. The minimum Gasteiger partial charge on any atom is -0.367 e. The van der Waals surface area contributed by atoms with Crippen molar-refractivity contribution in [3.63, 3.8) is 0 Å². The molecule has 2 N–H and O–H groups in total. The third-order valence-corrected chi connectivity index (χ3v) is 3.72. The SMILES string of the molecule is CCNC(=NCc1ccc(COCC(F)(F)F)cc1)NCCc1ccccn1.I. The molecule has 0 aliphatic rings. The Balaban J connectivity index is 0.00000420. The molecule has 0 bridgehead atoms. The van der Waals surface area contributed by atoms with Gasteiger partial charge in [0, 0.05) is 31.4 Å². The van der Waals surface area contributed by atoms with Crippen molar-refractivity contribution in [3.05, 3.63) is 65.5 Å². The second-order valence-corrected chi connectivity index (χ2v) is 6.12. The smallest absolute Gasteiger partial charge is 0.367 e. The number of hydrogen-bond donors (Lipinski definition) is 2. The minimum absolute atomic E-state index is 0. The highest BCUT2D eigenvalue weighted by Crippen LogP contribution is 2.16. The number of aliphatic imine (C=N–C) groups is 1. The lowest BCUT2D eigenvalue weighted by Gasteiger charge is -2.11. The van der Waals surface area contributed by atoms with Crippen LogP contribution in [-0.4, -0.2) is 36.8 Å². The molecular formula is C20H26F3IN4O. The van der Waals surface area contributed by atoms with E-state index in [0.29, 0.717) is 24.6 Å². The van der Waals surface area contributed by atoms with Crippen LogP contribution in [0.15, 0.2) is 53.7 Å². The molecule has 0 amide bonds. The Bertz CT molecular complexity index is 725. The molecule has 1 heterocycles. The van der Waals surface area contributed by atoms with Crippen molar-refractivity contribution in [2.75, 3.05) is 19.7 Å². The van der Waals surface area contributed by atoms with Crippen LogP contribution in [0.1, 0.15) is 23.7 Å². The zero-order valence-electron chi connectivity index (χ0n) is 16.2. The number of alkyl halides is 3. The van der Waals surface area contributed by atoms with Crippen LogP contribution in [0, 0.1) is 0 Å². The van der Waals surface area contributed by atoms with Crippen LogP contribution in [0.25, 0.3) is 0 Å². The number of halogens is 4. The summed E-state index contributed by atoms with van der Waals surface area (Å²) in [6.45, 7) is 2.59. The van der Waals surface area contributed by atoms with E-state index < -0.39 is 12.8 Å². The van der Waals surface area contributed by atoms with E-state index in [9.17, 15) is 13.2 Å². The highest BCUT2D eigenvalue weighted by molar-refractivity contribution is 14.0. The van der Waals surface area contributed by atoms with Crippen molar-refractivity contribution in [3.8, 4) is 0 Å². The highest BCUT2D eigenvalue weighted by atomic mass is 127. The molecule has 5 nitrogen and oxygen atoms in total. The van der Waals surface area contributed by atoms with E-state index in [4.69, 9.17) is 0 Å². The Morgan fingerprint density at radius 1 is 1.07 bits per heavy atom. The lowest BCUT2D eigenvalue weighted by atomic mass is 10.1. The van der Waals surface area contributed by atoms with Crippen LogP contribution in [0.5, 0.6) is 0 Å². The summed E-state index contributed by atoms with van der Waals surface area (Å²) in [5, 5.41) is 6.45. The Hall–Kier alpha value is -1.88. The normalized spacial score (nSPS) is 11.7. The van der Waals surface area contributed by atoms with Gasteiger partial charge < -0.3 is 15.4 Å². The van der Waals surface area contributed by atoms with Gasteiger partial charge in [0.1, 0.15) is 6.61 Å². The Morgan fingerprint density at radius 3 is 2.41 bits per heavy atom. The van der Waals surface area contributed by atoms with Gasteiger partial charge in [-0.1, -0.05) is 30.3 Å². The van der Waals surface area contributed by atoms with E-state index in [1.807, 2.05) is 37.3 Å². The van der Waals surface area contributed by atoms with Gasteiger partial charge in [-0.15, -0.1) is 24.0 Å². The maximum atomic E-state index is 12.1. The Morgan fingerprint density at radius 2 is 1.79 bits per heavy atom. The molecule has 0 aliphatic heterocycles. The third-order valence-electron chi connectivity index (χ3n) is 3.72. The summed E-state index contributed by atoms with van der Waals surface area (Å²) in [5.74, 6) is 0.705. The van der Waals surface area contributed by atoms with Crippen LogP contribution in [-0.2, 0) is 24.3 Å². The molecular weight excluding hydrogens is 496 g/mol. The van der Waals surface area contributed by atoms with Gasteiger partial charge in [-0.25, -0.2) is 4.99 Å². The van der Waals surface area contributed by atoms with Crippen LogP contribution in [0.2, 0.25) is 0 Å². The van der Waals surface area contributed by atoms with E-state index in [2.05, 4.69) is 25.3 Å². The molecule has 2 aromatic rings. The zero-order chi connectivity index (χ0) is 20.2. The average molecular weight is 522 g/mol. The van der Waals surface area contributed by atoms with Gasteiger partial charge in [-0.05, 0) is 30.2 Å². The molecule has 0 unspecified atom stereocenters.